The number of ketones is 1. The SMILES string of the molecule is C=CC(=O)CCCCCOC(=O)Oc1ccc(OC(=O)[C@H]2CC[C@H](C(=O)Oc3ccc(OC(=O)OCCCCOC(=O)C=C)cc3)CC2)cc1. The van der Waals surface area contributed by atoms with E-state index in [1.165, 1.54) is 54.6 Å². The Kier molecular flexibility index (Phi) is 16.8. The van der Waals surface area contributed by atoms with Crippen LogP contribution in [0.25, 0.3) is 0 Å². The first-order valence-corrected chi connectivity index (χ1v) is 16.4. The second kappa shape index (κ2) is 21.5. The van der Waals surface area contributed by atoms with Crippen LogP contribution in [0.4, 0.5) is 9.59 Å². The van der Waals surface area contributed by atoms with Crippen LogP contribution in [0.5, 0.6) is 23.0 Å². The molecule has 0 amide bonds. The standard InChI is InChI=1S/C37H42O13/c1-3-28(38)10-6-5-7-24-45-36(42)49-31-19-15-29(16-20-31)47-34(40)26-11-13-27(14-12-26)35(41)48-30-17-21-32(22-18-30)50-37(43)46-25-9-8-23-44-33(39)4-2/h3-4,15-22,26-27H,1-2,5-14,23-25H2/t26-,27-. The van der Waals surface area contributed by atoms with Gasteiger partial charge in [-0.3, -0.25) is 14.4 Å². The third-order valence-corrected chi connectivity index (χ3v) is 7.57. The van der Waals surface area contributed by atoms with Crippen molar-refractivity contribution in [3.05, 3.63) is 73.8 Å². The molecule has 0 bridgehead atoms. The highest BCUT2D eigenvalue weighted by molar-refractivity contribution is 5.88. The fraction of sp³-hybridized carbons (Fsp3) is 0.405. The van der Waals surface area contributed by atoms with Crippen molar-refractivity contribution in [3.8, 4) is 23.0 Å². The zero-order valence-electron chi connectivity index (χ0n) is 27.8. The molecule has 2 aromatic carbocycles. The Hall–Kier alpha value is -5.46. The lowest BCUT2D eigenvalue weighted by molar-refractivity contribution is -0.145. The molecule has 13 heteroatoms. The average molecular weight is 695 g/mol. The summed E-state index contributed by atoms with van der Waals surface area (Å²) in [5, 5.41) is 0. The molecule has 1 aliphatic carbocycles. The molecule has 0 unspecified atom stereocenters. The first-order chi connectivity index (χ1) is 24.2. The Morgan fingerprint density at radius 2 is 0.900 bits per heavy atom. The summed E-state index contributed by atoms with van der Waals surface area (Å²) in [4.78, 5) is 71.4. The maximum atomic E-state index is 12.8. The molecule has 0 heterocycles. The lowest BCUT2D eigenvalue weighted by Crippen LogP contribution is -2.30. The van der Waals surface area contributed by atoms with Gasteiger partial charge >= 0.3 is 30.2 Å². The molecule has 3 rings (SSSR count). The summed E-state index contributed by atoms with van der Waals surface area (Å²) in [6.45, 7) is 7.18. The van der Waals surface area contributed by atoms with Gasteiger partial charge in [0.15, 0.2) is 5.78 Å². The zero-order chi connectivity index (χ0) is 36.1. The Morgan fingerprint density at radius 1 is 0.520 bits per heavy atom. The van der Waals surface area contributed by atoms with E-state index >= 15 is 0 Å². The average Bonchev–Trinajstić information content (AvgIpc) is 3.12. The van der Waals surface area contributed by atoms with Crippen LogP contribution in [0.3, 0.4) is 0 Å². The quantitative estimate of drug-likeness (QED) is 0.0374. The fourth-order valence-electron chi connectivity index (χ4n) is 4.79. The van der Waals surface area contributed by atoms with E-state index in [0.29, 0.717) is 57.8 Å². The molecule has 0 atom stereocenters. The molecule has 0 spiro atoms. The first kappa shape index (κ1) is 39.0. The van der Waals surface area contributed by atoms with Gasteiger partial charge in [0.2, 0.25) is 0 Å². The number of rotatable bonds is 19. The van der Waals surface area contributed by atoms with Crippen molar-refractivity contribution in [1.29, 1.82) is 0 Å². The molecule has 0 saturated heterocycles. The van der Waals surface area contributed by atoms with Crippen molar-refractivity contribution in [2.75, 3.05) is 19.8 Å². The highest BCUT2D eigenvalue weighted by Gasteiger charge is 2.32. The van der Waals surface area contributed by atoms with Crippen molar-refractivity contribution < 1.29 is 61.9 Å². The first-order valence-electron chi connectivity index (χ1n) is 16.4. The van der Waals surface area contributed by atoms with Crippen LogP contribution in [0.2, 0.25) is 0 Å². The predicted octanol–water partition coefficient (Wildman–Crippen LogP) is 6.86. The van der Waals surface area contributed by atoms with Crippen molar-refractivity contribution >= 4 is 36.0 Å². The van der Waals surface area contributed by atoms with Crippen LogP contribution in [0, 0.1) is 11.8 Å². The van der Waals surface area contributed by atoms with Crippen molar-refractivity contribution in [2.24, 2.45) is 11.8 Å². The van der Waals surface area contributed by atoms with E-state index in [9.17, 15) is 28.8 Å². The Labute approximate surface area is 290 Å². The molecule has 268 valence electrons. The maximum absolute atomic E-state index is 12.8. The minimum absolute atomic E-state index is 0.0152. The molecule has 1 aliphatic rings. The van der Waals surface area contributed by atoms with Crippen molar-refractivity contribution in [2.45, 2.75) is 64.2 Å². The monoisotopic (exact) mass is 694 g/mol. The number of hydrogen-bond donors (Lipinski definition) is 0. The normalized spacial score (nSPS) is 15.0. The maximum Gasteiger partial charge on any atom is 0.513 e. The van der Waals surface area contributed by atoms with Crippen LogP contribution in [-0.4, -0.2) is 55.8 Å². The van der Waals surface area contributed by atoms with E-state index in [2.05, 4.69) is 13.2 Å². The molecule has 0 radical (unpaired) electrons. The largest absolute Gasteiger partial charge is 0.513 e. The van der Waals surface area contributed by atoms with E-state index in [1.807, 2.05) is 0 Å². The van der Waals surface area contributed by atoms with E-state index in [1.54, 1.807) is 0 Å². The second-order valence-corrected chi connectivity index (χ2v) is 11.3. The number of allylic oxidation sites excluding steroid dienone is 1. The summed E-state index contributed by atoms with van der Waals surface area (Å²) in [5.74, 6) is -1.13. The zero-order valence-corrected chi connectivity index (χ0v) is 27.8. The van der Waals surface area contributed by atoms with Gasteiger partial charge in [-0.05, 0) is 112 Å². The van der Waals surface area contributed by atoms with Crippen molar-refractivity contribution in [3.63, 3.8) is 0 Å². The molecule has 1 saturated carbocycles. The van der Waals surface area contributed by atoms with Crippen molar-refractivity contribution in [1.82, 2.24) is 0 Å². The molecular weight excluding hydrogens is 652 g/mol. The summed E-state index contributed by atoms with van der Waals surface area (Å²) in [7, 11) is 0. The van der Waals surface area contributed by atoms with Gasteiger partial charge in [0.05, 0.1) is 31.7 Å². The van der Waals surface area contributed by atoms with E-state index < -0.39 is 30.2 Å². The number of ether oxygens (including phenoxy) is 7. The molecule has 13 nitrogen and oxygen atoms in total. The Balaban J connectivity index is 1.30. The van der Waals surface area contributed by atoms with Crippen LogP contribution >= 0.6 is 0 Å². The molecule has 0 N–H and O–H groups in total. The number of carbonyl (C=O) groups is 6. The van der Waals surface area contributed by atoms with Crippen LogP contribution in [0.15, 0.2) is 73.8 Å². The summed E-state index contributed by atoms with van der Waals surface area (Å²) < 4.78 is 36.1. The Bertz CT molecular complexity index is 1340. The molecule has 1 fully saturated rings. The van der Waals surface area contributed by atoms with Gasteiger partial charge in [0, 0.05) is 12.5 Å². The predicted molar refractivity (Wildman–Crippen MR) is 178 cm³/mol. The third-order valence-electron chi connectivity index (χ3n) is 7.57. The molecular formula is C37H42O13. The van der Waals surface area contributed by atoms with Gasteiger partial charge in [-0.25, -0.2) is 14.4 Å². The van der Waals surface area contributed by atoms with Crippen LogP contribution in [-0.2, 0) is 33.4 Å². The summed E-state index contributed by atoms with van der Waals surface area (Å²) >= 11 is 0. The molecule has 2 aromatic rings. The number of hydrogen-bond acceptors (Lipinski definition) is 13. The van der Waals surface area contributed by atoms with E-state index in [0.717, 1.165) is 12.5 Å². The van der Waals surface area contributed by atoms with E-state index in [-0.39, 0.29) is 60.4 Å². The van der Waals surface area contributed by atoms with Gasteiger partial charge in [0.25, 0.3) is 0 Å². The van der Waals surface area contributed by atoms with Gasteiger partial charge in [-0.1, -0.05) is 13.2 Å². The number of esters is 3. The molecule has 0 aromatic heterocycles. The van der Waals surface area contributed by atoms with Gasteiger partial charge in [-0.15, -0.1) is 0 Å². The lowest BCUT2D eigenvalue weighted by atomic mass is 9.82. The summed E-state index contributed by atoms with van der Waals surface area (Å²) in [5.41, 5.74) is 0. The lowest BCUT2D eigenvalue weighted by Gasteiger charge is -2.25. The molecule has 50 heavy (non-hydrogen) atoms. The van der Waals surface area contributed by atoms with Crippen LogP contribution < -0.4 is 18.9 Å². The highest BCUT2D eigenvalue weighted by Crippen LogP contribution is 2.32. The number of unbranched alkanes of at least 4 members (excludes halogenated alkanes) is 3. The summed E-state index contributed by atoms with van der Waals surface area (Å²) in [6, 6.07) is 11.9. The highest BCUT2D eigenvalue weighted by atomic mass is 16.7. The van der Waals surface area contributed by atoms with Gasteiger partial charge in [-0.2, -0.15) is 0 Å². The minimum atomic E-state index is -0.893. The number of carbonyl (C=O) groups excluding carboxylic acids is 6. The third kappa shape index (κ3) is 14.8. The second-order valence-electron chi connectivity index (χ2n) is 11.3. The smallest absolute Gasteiger partial charge is 0.463 e. The minimum Gasteiger partial charge on any atom is -0.463 e. The van der Waals surface area contributed by atoms with Gasteiger partial charge < -0.3 is 33.2 Å². The molecule has 0 aliphatic heterocycles. The summed E-state index contributed by atoms with van der Waals surface area (Å²) in [6.07, 6.45) is 5.84. The Morgan fingerprint density at radius 3 is 1.30 bits per heavy atom. The van der Waals surface area contributed by atoms with Crippen LogP contribution in [0.1, 0.15) is 64.2 Å². The van der Waals surface area contributed by atoms with E-state index in [4.69, 9.17) is 33.2 Å². The van der Waals surface area contributed by atoms with Gasteiger partial charge in [0.1, 0.15) is 23.0 Å². The topological polar surface area (TPSA) is 167 Å². The fourth-order valence-corrected chi connectivity index (χ4v) is 4.79. The number of benzene rings is 2.